The molecule has 0 unspecified atom stereocenters. The first-order valence-electron chi connectivity index (χ1n) is 4.79. The third-order valence-corrected chi connectivity index (χ3v) is 3.37. The maximum atomic E-state index is 10.8. The lowest BCUT2D eigenvalue weighted by molar-refractivity contribution is -0.138. The van der Waals surface area contributed by atoms with E-state index in [2.05, 4.69) is 4.98 Å². The first-order chi connectivity index (χ1) is 7.02. The molecule has 0 radical (unpaired) electrons. The van der Waals surface area contributed by atoms with Gasteiger partial charge in [0, 0.05) is 11.9 Å². The Labute approximate surface area is 93.9 Å². The summed E-state index contributed by atoms with van der Waals surface area (Å²) in [7, 11) is 0. The molecule has 1 aromatic heterocycles. The molecule has 0 amide bonds. The van der Waals surface area contributed by atoms with Gasteiger partial charge in [-0.2, -0.15) is 0 Å². The minimum Gasteiger partial charge on any atom is -0.480 e. The molecule has 82 valence electrons. The highest BCUT2D eigenvalue weighted by molar-refractivity contribution is 8.01. The van der Waals surface area contributed by atoms with E-state index >= 15 is 0 Å². The second kappa shape index (κ2) is 5.16. The molecule has 0 saturated carbocycles. The van der Waals surface area contributed by atoms with E-state index in [9.17, 15) is 4.79 Å². The Kier molecular flexibility index (Phi) is 4.15. The standard InChI is InChI=1S/C11H15NO2S/c1-11(2,10(13)14)15-8-6-9-5-3-4-7-12-9/h3-5,7H,6,8H2,1-2H3,(H,13,14). The van der Waals surface area contributed by atoms with Crippen molar-refractivity contribution in [1.29, 1.82) is 0 Å². The van der Waals surface area contributed by atoms with Crippen LogP contribution in [0.1, 0.15) is 19.5 Å². The second-order valence-corrected chi connectivity index (χ2v) is 5.45. The maximum Gasteiger partial charge on any atom is 0.319 e. The van der Waals surface area contributed by atoms with Crippen LogP contribution in [0, 0.1) is 0 Å². The van der Waals surface area contributed by atoms with Crippen LogP contribution >= 0.6 is 11.8 Å². The van der Waals surface area contributed by atoms with Gasteiger partial charge >= 0.3 is 5.97 Å². The number of nitrogens with zero attached hydrogens (tertiary/aromatic N) is 1. The molecular formula is C11H15NO2S. The monoisotopic (exact) mass is 225 g/mol. The Morgan fingerprint density at radius 2 is 2.27 bits per heavy atom. The number of carboxylic acids is 1. The number of aliphatic carboxylic acids is 1. The fourth-order valence-electron chi connectivity index (χ4n) is 1.02. The molecule has 0 atom stereocenters. The molecule has 1 N–H and O–H groups in total. The van der Waals surface area contributed by atoms with Crippen LogP contribution in [0.4, 0.5) is 0 Å². The third-order valence-electron chi connectivity index (χ3n) is 2.06. The lowest BCUT2D eigenvalue weighted by Crippen LogP contribution is -2.27. The topological polar surface area (TPSA) is 50.2 Å². The molecule has 0 bridgehead atoms. The van der Waals surface area contributed by atoms with Crippen molar-refractivity contribution in [2.75, 3.05) is 5.75 Å². The van der Waals surface area contributed by atoms with E-state index in [0.29, 0.717) is 0 Å². The number of hydrogen-bond donors (Lipinski definition) is 1. The van der Waals surface area contributed by atoms with Gasteiger partial charge in [0.15, 0.2) is 0 Å². The second-order valence-electron chi connectivity index (χ2n) is 3.73. The lowest BCUT2D eigenvalue weighted by atomic mass is 10.2. The van der Waals surface area contributed by atoms with E-state index in [-0.39, 0.29) is 0 Å². The molecule has 15 heavy (non-hydrogen) atoms. The number of aromatic nitrogens is 1. The van der Waals surface area contributed by atoms with Crippen molar-refractivity contribution < 1.29 is 9.90 Å². The van der Waals surface area contributed by atoms with Crippen LogP contribution in [0.25, 0.3) is 0 Å². The number of rotatable bonds is 5. The normalized spacial score (nSPS) is 11.3. The molecule has 0 aliphatic rings. The summed E-state index contributed by atoms with van der Waals surface area (Å²) in [5.41, 5.74) is 1.01. The zero-order valence-electron chi connectivity index (χ0n) is 8.93. The molecule has 4 heteroatoms. The number of hydrogen-bond acceptors (Lipinski definition) is 3. The summed E-state index contributed by atoms with van der Waals surface area (Å²) in [6, 6.07) is 5.77. The molecule has 3 nitrogen and oxygen atoms in total. The van der Waals surface area contributed by atoms with Crippen molar-refractivity contribution >= 4 is 17.7 Å². The van der Waals surface area contributed by atoms with Gasteiger partial charge in [0.2, 0.25) is 0 Å². The van der Waals surface area contributed by atoms with Crippen molar-refractivity contribution in [3.05, 3.63) is 30.1 Å². The van der Waals surface area contributed by atoms with Gasteiger partial charge in [-0.25, -0.2) is 0 Å². The van der Waals surface area contributed by atoms with Crippen molar-refractivity contribution in [2.45, 2.75) is 25.0 Å². The van der Waals surface area contributed by atoms with Gasteiger partial charge in [0.25, 0.3) is 0 Å². The zero-order chi connectivity index (χ0) is 11.3. The van der Waals surface area contributed by atoms with E-state index in [1.807, 2.05) is 18.2 Å². The van der Waals surface area contributed by atoms with Crippen molar-refractivity contribution in [3.8, 4) is 0 Å². The molecule has 0 saturated heterocycles. The van der Waals surface area contributed by atoms with Gasteiger partial charge in [-0.3, -0.25) is 9.78 Å². The lowest BCUT2D eigenvalue weighted by Gasteiger charge is -2.17. The predicted molar refractivity (Wildman–Crippen MR) is 62.1 cm³/mol. The highest BCUT2D eigenvalue weighted by Gasteiger charge is 2.27. The van der Waals surface area contributed by atoms with Crippen LogP contribution in [0.2, 0.25) is 0 Å². The fourth-order valence-corrected chi connectivity index (χ4v) is 1.96. The van der Waals surface area contributed by atoms with Crippen molar-refractivity contribution in [2.24, 2.45) is 0 Å². The average molecular weight is 225 g/mol. The van der Waals surface area contributed by atoms with Gasteiger partial charge in [0.1, 0.15) is 4.75 Å². The fraction of sp³-hybridized carbons (Fsp3) is 0.455. The van der Waals surface area contributed by atoms with Crippen LogP contribution in [-0.4, -0.2) is 26.6 Å². The molecule has 0 aliphatic heterocycles. The third kappa shape index (κ3) is 3.91. The molecule has 0 spiro atoms. The molecule has 1 heterocycles. The summed E-state index contributed by atoms with van der Waals surface area (Å²) < 4.78 is -0.714. The first-order valence-corrected chi connectivity index (χ1v) is 5.78. The summed E-state index contributed by atoms with van der Waals surface area (Å²) >= 11 is 1.44. The number of carboxylic acid groups (broad SMARTS) is 1. The zero-order valence-corrected chi connectivity index (χ0v) is 9.75. The van der Waals surface area contributed by atoms with Crippen LogP contribution < -0.4 is 0 Å². The van der Waals surface area contributed by atoms with Crippen LogP contribution in [0.3, 0.4) is 0 Å². The summed E-state index contributed by atoms with van der Waals surface area (Å²) in [4.78, 5) is 15.0. The highest BCUT2D eigenvalue weighted by atomic mass is 32.2. The molecular weight excluding hydrogens is 210 g/mol. The summed E-state index contributed by atoms with van der Waals surface area (Å²) in [6.45, 7) is 3.44. The summed E-state index contributed by atoms with van der Waals surface area (Å²) in [5, 5.41) is 8.90. The molecule has 0 aromatic carbocycles. The van der Waals surface area contributed by atoms with Gasteiger partial charge in [-0.1, -0.05) is 6.07 Å². The molecule has 0 fully saturated rings. The van der Waals surface area contributed by atoms with Gasteiger partial charge in [-0.15, -0.1) is 11.8 Å². The van der Waals surface area contributed by atoms with E-state index in [1.165, 1.54) is 11.8 Å². The maximum absolute atomic E-state index is 10.8. The van der Waals surface area contributed by atoms with Crippen molar-refractivity contribution in [3.63, 3.8) is 0 Å². The largest absolute Gasteiger partial charge is 0.480 e. The summed E-state index contributed by atoms with van der Waals surface area (Å²) in [5.74, 6) is 0.00423. The minimum atomic E-state index is -0.770. The average Bonchev–Trinajstić information content (AvgIpc) is 2.19. The minimum absolute atomic E-state index is 0.714. The summed E-state index contributed by atoms with van der Waals surface area (Å²) in [6.07, 6.45) is 2.56. The van der Waals surface area contributed by atoms with Gasteiger partial charge in [0.05, 0.1) is 0 Å². The Balaban J connectivity index is 2.37. The van der Waals surface area contributed by atoms with Crippen LogP contribution in [0.5, 0.6) is 0 Å². The molecule has 1 aromatic rings. The van der Waals surface area contributed by atoms with Gasteiger partial charge in [-0.05, 0) is 38.2 Å². The smallest absolute Gasteiger partial charge is 0.319 e. The Bertz CT molecular complexity index is 325. The quantitative estimate of drug-likeness (QED) is 0.834. The number of pyridine rings is 1. The number of aryl methyl sites for hydroxylation is 1. The van der Waals surface area contributed by atoms with E-state index in [0.717, 1.165) is 17.9 Å². The molecule has 0 aliphatic carbocycles. The van der Waals surface area contributed by atoms with Crippen molar-refractivity contribution in [1.82, 2.24) is 4.98 Å². The van der Waals surface area contributed by atoms with Gasteiger partial charge < -0.3 is 5.11 Å². The Morgan fingerprint density at radius 3 is 2.80 bits per heavy atom. The highest BCUT2D eigenvalue weighted by Crippen LogP contribution is 2.24. The van der Waals surface area contributed by atoms with E-state index in [1.54, 1.807) is 20.0 Å². The van der Waals surface area contributed by atoms with Crippen LogP contribution in [0.15, 0.2) is 24.4 Å². The number of carbonyl (C=O) groups is 1. The Morgan fingerprint density at radius 1 is 1.53 bits per heavy atom. The SMILES string of the molecule is CC(C)(SCCc1ccccn1)C(=O)O. The Hall–Kier alpha value is -1.03. The number of thioether (sulfide) groups is 1. The van der Waals surface area contributed by atoms with E-state index < -0.39 is 10.7 Å². The first kappa shape index (κ1) is 12.0. The van der Waals surface area contributed by atoms with E-state index in [4.69, 9.17) is 5.11 Å². The predicted octanol–water partition coefficient (Wildman–Crippen LogP) is 2.22. The van der Waals surface area contributed by atoms with Crippen LogP contribution in [-0.2, 0) is 11.2 Å². The molecule has 1 rings (SSSR count).